The molecule has 2 fully saturated rings. The van der Waals surface area contributed by atoms with Crippen molar-refractivity contribution in [1.29, 1.82) is 0 Å². The van der Waals surface area contributed by atoms with Gasteiger partial charge in [-0.05, 0) is 67.1 Å². The van der Waals surface area contributed by atoms with Crippen LogP contribution in [0.5, 0.6) is 0 Å². The summed E-state index contributed by atoms with van der Waals surface area (Å²) < 4.78 is 43.7. The Kier molecular flexibility index (Phi) is 5.76. The van der Waals surface area contributed by atoms with Crippen LogP contribution in [0.2, 0.25) is 10.0 Å². The van der Waals surface area contributed by atoms with Crippen LogP contribution in [0.25, 0.3) is 0 Å². The molecule has 0 aromatic heterocycles. The zero-order valence-electron chi connectivity index (χ0n) is 16.4. The third kappa shape index (κ3) is 4.16. The molecule has 2 N–H and O–H groups in total. The quantitative estimate of drug-likeness (QED) is 0.490. The van der Waals surface area contributed by atoms with E-state index in [2.05, 4.69) is 15.9 Å². The summed E-state index contributed by atoms with van der Waals surface area (Å²) in [6, 6.07) is 9.59. The number of alkyl halides is 3. The Morgan fingerprint density at radius 2 is 1.74 bits per heavy atom. The summed E-state index contributed by atoms with van der Waals surface area (Å²) in [6.45, 7) is 0.00480. The molecule has 9 heteroatoms. The van der Waals surface area contributed by atoms with Crippen molar-refractivity contribution in [3.05, 3.63) is 62.0 Å². The van der Waals surface area contributed by atoms with Crippen LogP contribution in [0.3, 0.4) is 0 Å². The minimum Gasteiger partial charge on any atom is -0.370 e. The highest BCUT2D eigenvalue weighted by Gasteiger charge is 2.59. The van der Waals surface area contributed by atoms with Crippen molar-refractivity contribution < 1.29 is 18.0 Å². The Morgan fingerprint density at radius 3 is 2.26 bits per heavy atom. The summed E-state index contributed by atoms with van der Waals surface area (Å²) in [5.41, 5.74) is 4.64. The summed E-state index contributed by atoms with van der Waals surface area (Å²) in [5.74, 6) is -0.307. The lowest BCUT2D eigenvalue weighted by Gasteiger charge is -2.33. The van der Waals surface area contributed by atoms with Gasteiger partial charge in [-0.25, -0.2) is 0 Å². The van der Waals surface area contributed by atoms with E-state index in [0.29, 0.717) is 12.1 Å². The lowest BCUT2D eigenvalue weighted by Crippen LogP contribution is -2.44. The molecule has 4 rings (SSSR count). The molecule has 1 saturated heterocycles. The number of primary amides is 1. The number of anilines is 1. The Labute approximate surface area is 196 Å². The average Bonchev–Trinajstić information content (AvgIpc) is 3.30. The molecule has 1 heterocycles. The molecule has 1 aliphatic heterocycles. The van der Waals surface area contributed by atoms with E-state index in [-0.39, 0.29) is 41.0 Å². The van der Waals surface area contributed by atoms with E-state index in [0.717, 1.165) is 22.9 Å². The lowest BCUT2D eigenvalue weighted by atomic mass is 9.79. The fourth-order valence-electron chi connectivity index (χ4n) is 4.39. The van der Waals surface area contributed by atoms with E-state index in [1.165, 1.54) is 18.2 Å². The van der Waals surface area contributed by atoms with Crippen LogP contribution in [0.4, 0.5) is 18.9 Å². The van der Waals surface area contributed by atoms with Gasteiger partial charge in [-0.3, -0.25) is 4.79 Å². The minimum atomic E-state index is -4.47. The van der Waals surface area contributed by atoms with Crippen LogP contribution in [0.15, 0.2) is 40.9 Å². The van der Waals surface area contributed by atoms with Crippen molar-refractivity contribution in [3.8, 4) is 0 Å². The molecule has 31 heavy (non-hydrogen) atoms. The molecule has 2 aliphatic rings. The monoisotopic (exact) mass is 534 g/mol. The third-order valence-corrected chi connectivity index (χ3v) is 7.71. The van der Waals surface area contributed by atoms with Gasteiger partial charge >= 0.3 is 6.18 Å². The molecule has 166 valence electrons. The van der Waals surface area contributed by atoms with Crippen LogP contribution in [0.1, 0.15) is 30.4 Å². The Hall–Kier alpha value is -1.44. The number of nitrogens with two attached hydrogens (primary N) is 1. The number of carbonyl (C=O) groups excluding carboxylic acids is 1. The largest absolute Gasteiger partial charge is 0.400 e. The van der Waals surface area contributed by atoms with Gasteiger partial charge < -0.3 is 10.6 Å². The van der Waals surface area contributed by atoms with Gasteiger partial charge in [0.1, 0.15) is 5.41 Å². The van der Waals surface area contributed by atoms with Gasteiger partial charge in [-0.1, -0.05) is 45.2 Å². The molecule has 0 bridgehead atoms. The molecular formula is C22H20BrCl2F3N2O. The molecule has 1 unspecified atom stereocenters. The van der Waals surface area contributed by atoms with Crippen LogP contribution >= 0.6 is 39.1 Å². The fourth-order valence-corrected chi connectivity index (χ4v) is 5.43. The summed E-state index contributed by atoms with van der Waals surface area (Å²) in [5, 5.41) is 0.361. The normalized spacial score (nSPS) is 22.6. The number of hydrogen-bond acceptors (Lipinski definition) is 2. The maximum absolute atomic E-state index is 14.3. The maximum atomic E-state index is 14.3. The smallest absolute Gasteiger partial charge is 0.370 e. The fraction of sp³-hybridized carbons (Fsp3) is 0.409. The summed E-state index contributed by atoms with van der Waals surface area (Å²) >= 11 is 15.5. The highest BCUT2D eigenvalue weighted by Crippen LogP contribution is 2.51. The zero-order valence-corrected chi connectivity index (χ0v) is 19.5. The summed E-state index contributed by atoms with van der Waals surface area (Å²) in [6.07, 6.45) is -2.52. The number of amides is 1. The Morgan fingerprint density at radius 1 is 1.10 bits per heavy atom. The first-order chi connectivity index (χ1) is 14.5. The number of hydrogen-bond donors (Lipinski definition) is 1. The van der Waals surface area contributed by atoms with Crippen molar-refractivity contribution in [2.24, 2.45) is 11.1 Å². The molecule has 2 aromatic carbocycles. The van der Waals surface area contributed by atoms with Crippen LogP contribution in [0, 0.1) is 5.41 Å². The predicted octanol–water partition coefficient (Wildman–Crippen LogP) is 6.27. The number of rotatable bonds is 5. The summed E-state index contributed by atoms with van der Waals surface area (Å²) in [7, 11) is 0. The van der Waals surface area contributed by atoms with Gasteiger partial charge in [0.25, 0.3) is 0 Å². The highest BCUT2D eigenvalue weighted by molar-refractivity contribution is 9.10. The van der Waals surface area contributed by atoms with Crippen molar-refractivity contribution in [2.75, 3.05) is 18.0 Å². The standard InChI is InChI=1S/C22H20BrCl2F3N2O/c23-18-10-17(2-1-13(18)11-20(3-4-20)19(29)31)30-6-5-21(12-30,22(26,27)28)14-7-15(24)9-16(25)8-14/h1-2,7-10H,3-6,11-12H2,(H2,29,31). The highest BCUT2D eigenvalue weighted by atomic mass is 79.9. The first-order valence-electron chi connectivity index (χ1n) is 9.82. The van der Waals surface area contributed by atoms with Crippen molar-refractivity contribution >= 4 is 50.7 Å². The molecule has 3 nitrogen and oxygen atoms in total. The molecule has 1 amide bonds. The van der Waals surface area contributed by atoms with E-state index in [1.54, 1.807) is 11.0 Å². The zero-order chi connectivity index (χ0) is 22.6. The van der Waals surface area contributed by atoms with Crippen molar-refractivity contribution in [1.82, 2.24) is 0 Å². The SMILES string of the molecule is NC(=O)C1(Cc2ccc(N3CCC(c4cc(Cl)cc(Cl)c4)(C(F)(F)F)C3)cc2Br)CC1. The van der Waals surface area contributed by atoms with E-state index < -0.39 is 17.0 Å². The molecule has 1 aliphatic carbocycles. The molecule has 0 radical (unpaired) electrons. The second kappa shape index (κ2) is 7.85. The Bertz CT molecular complexity index is 1020. The first-order valence-corrected chi connectivity index (χ1v) is 11.4. The topological polar surface area (TPSA) is 46.3 Å². The van der Waals surface area contributed by atoms with Crippen LogP contribution in [-0.4, -0.2) is 25.2 Å². The van der Waals surface area contributed by atoms with E-state index >= 15 is 0 Å². The predicted molar refractivity (Wildman–Crippen MR) is 120 cm³/mol. The minimum absolute atomic E-state index is 0.0767. The van der Waals surface area contributed by atoms with E-state index in [9.17, 15) is 18.0 Å². The molecule has 1 atom stereocenters. The lowest BCUT2D eigenvalue weighted by molar-refractivity contribution is -0.184. The van der Waals surface area contributed by atoms with E-state index in [1.807, 2.05) is 12.1 Å². The van der Waals surface area contributed by atoms with Crippen LogP contribution in [-0.2, 0) is 16.6 Å². The summed E-state index contributed by atoms with van der Waals surface area (Å²) in [4.78, 5) is 13.4. The molecular weight excluding hydrogens is 516 g/mol. The van der Waals surface area contributed by atoms with Crippen LogP contribution < -0.4 is 10.6 Å². The number of carbonyl (C=O) groups is 1. The van der Waals surface area contributed by atoms with Gasteiger partial charge in [0.15, 0.2) is 0 Å². The maximum Gasteiger partial charge on any atom is 0.400 e. The number of halogens is 6. The van der Waals surface area contributed by atoms with Gasteiger partial charge in [0.2, 0.25) is 5.91 Å². The van der Waals surface area contributed by atoms with Gasteiger partial charge in [0, 0.05) is 33.3 Å². The van der Waals surface area contributed by atoms with Crippen molar-refractivity contribution in [2.45, 2.75) is 37.3 Å². The number of benzene rings is 2. The van der Waals surface area contributed by atoms with Crippen molar-refractivity contribution in [3.63, 3.8) is 0 Å². The van der Waals surface area contributed by atoms with Gasteiger partial charge in [0.05, 0.1) is 5.41 Å². The van der Waals surface area contributed by atoms with E-state index in [4.69, 9.17) is 28.9 Å². The number of nitrogens with zero attached hydrogens (tertiary/aromatic N) is 1. The van der Waals surface area contributed by atoms with Gasteiger partial charge in [-0.15, -0.1) is 0 Å². The molecule has 2 aromatic rings. The Balaban J connectivity index is 1.62. The van der Waals surface area contributed by atoms with Gasteiger partial charge in [-0.2, -0.15) is 13.2 Å². The first kappa shape index (κ1) is 22.7. The molecule has 1 saturated carbocycles. The second-order valence-electron chi connectivity index (χ2n) is 8.51. The average molecular weight is 536 g/mol. The molecule has 0 spiro atoms. The third-order valence-electron chi connectivity index (χ3n) is 6.53. The second-order valence-corrected chi connectivity index (χ2v) is 10.2.